The fraction of sp³-hybridized carbons (Fsp3) is 0.368. The maximum absolute atomic E-state index is 12.7. The number of rotatable bonds is 4. The van der Waals surface area contributed by atoms with Crippen molar-refractivity contribution in [1.82, 2.24) is 20.1 Å². The molecule has 0 spiro atoms. The largest absolute Gasteiger partial charge is 0.492 e. The van der Waals surface area contributed by atoms with Gasteiger partial charge in [-0.3, -0.25) is 4.79 Å². The van der Waals surface area contributed by atoms with Crippen molar-refractivity contribution >= 4 is 5.69 Å². The van der Waals surface area contributed by atoms with E-state index in [1.165, 1.54) is 4.68 Å². The molecule has 28 heavy (non-hydrogen) atoms. The van der Waals surface area contributed by atoms with Crippen LogP contribution < -0.4 is 10.5 Å². The highest BCUT2D eigenvalue weighted by molar-refractivity contribution is 5.59. The average molecular weight is 383 g/mol. The number of morpholine rings is 1. The van der Waals surface area contributed by atoms with Crippen LogP contribution in [0.5, 0.6) is 0 Å². The van der Waals surface area contributed by atoms with E-state index in [0.717, 1.165) is 11.3 Å². The molecule has 1 aliphatic rings. The number of ether oxygens (including phenoxy) is 1. The topological polar surface area (TPSA) is 99.4 Å². The molecule has 3 aromatic heterocycles. The van der Waals surface area contributed by atoms with E-state index in [-0.39, 0.29) is 18.2 Å². The Bertz CT molecular complexity index is 1080. The van der Waals surface area contributed by atoms with E-state index in [0.29, 0.717) is 41.8 Å². The smallest absolute Gasteiger partial charge is 0.269 e. The Labute approximate surface area is 161 Å². The number of anilines is 1. The molecule has 9 nitrogen and oxygen atoms in total. The molecule has 4 rings (SSSR count). The van der Waals surface area contributed by atoms with Crippen LogP contribution in [-0.4, -0.2) is 39.3 Å². The Balaban J connectivity index is 1.61. The molecule has 3 aromatic rings. The van der Waals surface area contributed by atoms with Gasteiger partial charge in [0.2, 0.25) is 0 Å². The third-order valence-corrected chi connectivity index (χ3v) is 4.60. The molecule has 0 saturated carbocycles. The van der Waals surface area contributed by atoms with Crippen LogP contribution in [0.1, 0.15) is 24.0 Å². The lowest BCUT2D eigenvalue weighted by Gasteiger charge is -2.34. The summed E-state index contributed by atoms with van der Waals surface area (Å²) in [6.07, 6.45) is 1.69. The lowest BCUT2D eigenvalue weighted by Crippen LogP contribution is -2.40. The van der Waals surface area contributed by atoms with Gasteiger partial charge in [0.1, 0.15) is 34.8 Å². The van der Waals surface area contributed by atoms with Gasteiger partial charge >= 0.3 is 0 Å². The minimum absolute atomic E-state index is 0.0109. The minimum Gasteiger partial charge on any atom is -0.492 e. The quantitative estimate of drug-likeness (QED) is 0.677. The second-order valence-electron chi connectivity index (χ2n) is 6.95. The van der Waals surface area contributed by atoms with Crippen molar-refractivity contribution in [2.75, 3.05) is 18.0 Å². The lowest BCUT2D eigenvalue weighted by atomic mass is 10.1. The van der Waals surface area contributed by atoms with Gasteiger partial charge in [-0.1, -0.05) is 16.9 Å². The third-order valence-electron chi connectivity index (χ3n) is 4.60. The van der Waals surface area contributed by atoms with Gasteiger partial charge in [0.05, 0.1) is 31.5 Å². The molecule has 0 radical (unpaired) electrons. The maximum atomic E-state index is 12.7. The molecule has 1 fully saturated rings. The molecule has 0 aromatic carbocycles. The van der Waals surface area contributed by atoms with Gasteiger partial charge in [-0.05, 0) is 20.8 Å². The highest BCUT2D eigenvalue weighted by atomic mass is 16.5. The van der Waals surface area contributed by atoms with Gasteiger partial charge in [-0.25, -0.2) is 4.68 Å². The standard InChI is InChI=1S/C19H21N5O4/c1-11-5-17(21-27-11)19-16(14(4)28-22-19)10-24-18(25)6-15(7-20-24)23-8-12(2)26-13(3)9-23/h5-7,13H,2,8-10H2,1,3-4H3/t13-/m1/s1. The van der Waals surface area contributed by atoms with Gasteiger partial charge in [-0.2, -0.15) is 5.10 Å². The zero-order valence-electron chi connectivity index (χ0n) is 16.0. The van der Waals surface area contributed by atoms with Crippen LogP contribution in [0.15, 0.2) is 44.5 Å². The molecule has 1 aliphatic heterocycles. The first-order valence-electron chi connectivity index (χ1n) is 8.96. The maximum Gasteiger partial charge on any atom is 0.269 e. The van der Waals surface area contributed by atoms with Crippen LogP contribution in [0.4, 0.5) is 5.69 Å². The van der Waals surface area contributed by atoms with Gasteiger partial charge in [0, 0.05) is 17.7 Å². The zero-order chi connectivity index (χ0) is 19.8. The van der Waals surface area contributed by atoms with Crippen molar-refractivity contribution in [3.8, 4) is 11.4 Å². The summed E-state index contributed by atoms with van der Waals surface area (Å²) in [7, 11) is 0. The fourth-order valence-electron chi connectivity index (χ4n) is 3.27. The molecule has 0 unspecified atom stereocenters. The van der Waals surface area contributed by atoms with E-state index in [2.05, 4.69) is 22.0 Å². The fourth-order valence-corrected chi connectivity index (χ4v) is 3.27. The summed E-state index contributed by atoms with van der Waals surface area (Å²) in [6, 6.07) is 3.34. The van der Waals surface area contributed by atoms with Gasteiger partial charge < -0.3 is 18.7 Å². The summed E-state index contributed by atoms with van der Waals surface area (Å²) in [4.78, 5) is 14.7. The van der Waals surface area contributed by atoms with Crippen LogP contribution >= 0.6 is 0 Å². The van der Waals surface area contributed by atoms with Crippen LogP contribution in [0.3, 0.4) is 0 Å². The highest BCUT2D eigenvalue weighted by Gasteiger charge is 2.22. The van der Waals surface area contributed by atoms with E-state index in [1.807, 2.05) is 11.8 Å². The summed E-state index contributed by atoms with van der Waals surface area (Å²) in [5, 5.41) is 12.4. The lowest BCUT2D eigenvalue weighted by molar-refractivity contribution is 0.114. The number of aryl methyl sites for hydroxylation is 2. The molecule has 4 heterocycles. The Hall–Kier alpha value is -3.36. The molecular formula is C19H21N5O4. The van der Waals surface area contributed by atoms with Gasteiger partial charge in [0.25, 0.3) is 5.56 Å². The Morgan fingerprint density at radius 3 is 2.75 bits per heavy atom. The monoisotopic (exact) mass is 383 g/mol. The minimum atomic E-state index is -0.217. The van der Waals surface area contributed by atoms with Crippen LogP contribution in [0.2, 0.25) is 0 Å². The molecule has 0 N–H and O–H groups in total. The van der Waals surface area contributed by atoms with Crippen molar-refractivity contribution in [1.29, 1.82) is 0 Å². The molecule has 1 saturated heterocycles. The van der Waals surface area contributed by atoms with E-state index in [4.69, 9.17) is 13.8 Å². The molecule has 0 bridgehead atoms. The number of hydrogen-bond donors (Lipinski definition) is 0. The van der Waals surface area contributed by atoms with Gasteiger partial charge in [0.15, 0.2) is 0 Å². The van der Waals surface area contributed by atoms with E-state index in [9.17, 15) is 4.79 Å². The Morgan fingerprint density at radius 2 is 2.07 bits per heavy atom. The van der Waals surface area contributed by atoms with Crippen molar-refractivity contribution in [2.45, 2.75) is 33.4 Å². The number of hydrogen-bond acceptors (Lipinski definition) is 8. The van der Waals surface area contributed by atoms with Crippen molar-refractivity contribution in [2.24, 2.45) is 0 Å². The first kappa shape index (κ1) is 18.0. The van der Waals surface area contributed by atoms with Gasteiger partial charge in [-0.15, -0.1) is 0 Å². The van der Waals surface area contributed by atoms with Crippen molar-refractivity contribution in [3.63, 3.8) is 0 Å². The number of nitrogens with zero attached hydrogens (tertiary/aromatic N) is 5. The molecule has 9 heteroatoms. The van der Waals surface area contributed by atoms with Crippen LogP contribution in [0.25, 0.3) is 11.4 Å². The van der Waals surface area contributed by atoms with Crippen LogP contribution in [0, 0.1) is 13.8 Å². The predicted octanol–water partition coefficient (Wildman–Crippen LogP) is 2.29. The summed E-state index contributed by atoms with van der Waals surface area (Å²) < 4.78 is 17.4. The summed E-state index contributed by atoms with van der Waals surface area (Å²) in [6.45, 7) is 10.9. The normalized spacial score (nSPS) is 17.0. The summed E-state index contributed by atoms with van der Waals surface area (Å²) >= 11 is 0. The average Bonchev–Trinajstić information content (AvgIpc) is 3.22. The third kappa shape index (κ3) is 3.42. The molecular weight excluding hydrogens is 362 g/mol. The predicted molar refractivity (Wildman–Crippen MR) is 101 cm³/mol. The second-order valence-corrected chi connectivity index (χ2v) is 6.95. The highest BCUT2D eigenvalue weighted by Crippen LogP contribution is 2.25. The SMILES string of the molecule is C=C1CN(c2cnn(Cc3c(-c4cc(C)on4)noc3C)c(=O)c2)C[C@@H](C)O1. The van der Waals surface area contributed by atoms with E-state index in [1.54, 1.807) is 32.2 Å². The van der Waals surface area contributed by atoms with E-state index < -0.39 is 0 Å². The summed E-state index contributed by atoms with van der Waals surface area (Å²) in [5.41, 5.74) is 2.38. The first-order valence-corrected chi connectivity index (χ1v) is 8.96. The number of aromatic nitrogens is 4. The zero-order valence-corrected chi connectivity index (χ0v) is 16.0. The molecule has 0 amide bonds. The second kappa shape index (κ2) is 6.99. The molecule has 0 aliphatic carbocycles. The molecule has 146 valence electrons. The van der Waals surface area contributed by atoms with E-state index >= 15 is 0 Å². The van der Waals surface area contributed by atoms with Crippen LogP contribution in [-0.2, 0) is 11.3 Å². The Kier molecular flexibility index (Phi) is 4.50. The first-order chi connectivity index (χ1) is 13.4. The van der Waals surface area contributed by atoms with Crippen molar-refractivity contribution < 1.29 is 13.8 Å². The Morgan fingerprint density at radius 1 is 1.25 bits per heavy atom. The molecule has 1 atom stereocenters. The summed E-state index contributed by atoms with van der Waals surface area (Å²) in [5.74, 6) is 1.95. The van der Waals surface area contributed by atoms with Crippen molar-refractivity contribution in [3.05, 3.63) is 58.1 Å².